The van der Waals surface area contributed by atoms with Gasteiger partial charge in [0.25, 0.3) is 0 Å². The summed E-state index contributed by atoms with van der Waals surface area (Å²) in [4.78, 5) is 0. The monoisotopic (exact) mass is 300 g/mol. The molecule has 112 valence electrons. The molecule has 0 saturated carbocycles. The van der Waals surface area contributed by atoms with Crippen molar-refractivity contribution in [1.82, 2.24) is 5.16 Å². The fraction of sp³-hybridized carbons (Fsp3) is 0.308. The van der Waals surface area contributed by atoms with Crippen LogP contribution >= 0.6 is 0 Å². The fourth-order valence-electron chi connectivity index (χ4n) is 2.09. The van der Waals surface area contributed by atoms with Crippen LogP contribution in [0.1, 0.15) is 12.0 Å². The van der Waals surface area contributed by atoms with Gasteiger partial charge in [-0.3, -0.25) is 0 Å². The minimum Gasteiger partial charge on any atom is -0.489 e. The number of nitrogens with two attached hydrogens (primary N) is 1. The Labute approximate surface area is 117 Å². The molecule has 0 amide bonds. The highest BCUT2D eigenvalue weighted by Crippen LogP contribution is 2.47. The lowest BCUT2D eigenvalue weighted by Crippen LogP contribution is -2.09. The highest BCUT2D eigenvalue weighted by atomic mass is 19.4. The quantitative estimate of drug-likeness (QED) is 0.876. The van der Waals surface area contributed by atoms with Crippen molar-refractivity contribution in [3.63, 3.8) is 0 Å². The van der Waals surface area contributed by atoms with Gasteiger partial charge in [0.05, 0.1) is 18.8 Å². The van der Waals surface area contributed by atoms with E-state index in [-0.39, 0.29) is 36.3 Å². The first-order valence-corrected chi connectivity index (χ1v) is 6.19. The van der Waals surface area contributed by atoms with Gasteiger partial charge in [-0.1, -0.05) is 5.16 Å². The fourth-order valence-corrected chi connectivity index (χ4v) is 2.09. The molecule has 2 N–H and O–H groups in total. The van der Waals surface area contributed by atoms with Crippen LogP contribution in [0.2, 0.25) is 0 Å². The van der Waals surface area contributed by atoms with E-state index in [0.717, 1.165) is 6.07 Å². The van der Waals surface area contributed by atoms with E-state index in [2.05, 4.69) is 5.16 Å². The van der Waals surface area contributed by atoms with E-state index in [1.165, 1.54) is 12.1 Å². The van der Waals surface area contributed by atoms with Crippen LogP contribution in [0.25, 0.3) is 11.3 Å². The van der Waals surface area contributed by atoms with E-state index in [1.807, 2.05) is 0 Å². The Bertz CT molecular complexity index is 667. The molecule has 5 nitrogen and oxygen atoms in total. The molecule has 1 aromatic carbocycles. The average molecular weight is 300 g/mol. The zero-order chi connectivity index (χ0) is 15.0. The van der Waals surface area contributed by atoms with Crippen LogP contribution in [0, 0.1) is 0 Å². The van der Waals surface area contributed by atoms with Gasteiger partial charge < -0.3 is 19.7 Å². The lowest BCUT2D eigenvalue weighted by Gasteiger charge is -2.16. The second kappa shape index (κ2) is 4.87. The summed E-state index contributed by atoms with van der Waals surface area (Å²) >= 11 is 0. The number of rotatable bonds is 1. The van der Waals surface area contributed by atoms with Crippen molar-refractivity contribution in [3.8, 4) is 22.8 Å². The molecular formula is C13H11F3N2O3. The number of ether oxygens (including phenoxy) is 2. The van der Waals surface area contributed by atoms with E-state index in [9.17, 15) is 13.2 Å². The summed E-state index contributed by atoms with van der Waals surface area (Å²) in [7, 11) is 0. The van der Waals surface area contributed by atoms with Crippen molar-refractivity contribution >= 4 is 5.82 Å². The van der Waals surface area contributed by atoms with E-state index in [1.54, 1.807) is 0 Å². The van der Waals surface area contributed by atoms with Gasteiger partial charge in [-0.2, -0.15) is 13.2 Å². The van der Waals surface area contributed by atoms with Crippen molar-refractivity contribution in [2.75, 3.05) is 18.9 Å². The van der Waals surface area contributed by atoms with E-state index in [0.29, 0.717) is 12.0 Å². The zero-order valence-electron chi connectivity index (χ0n) is 10.7. The van der Waals surface area contributed by atoms with Crippen LogP contribution in [-0.4, -0.2) is 18.4 Å². The number of hydrogen-bond donors (Lipinski definition) is 1. The second-order valence-electron chi connectivity index (χ2n) is 4.48. The number of nitrogens with zero attached hydrogens (tertiary/aromatic N) is 1. The number of anilines is 1. The minimum atomic E-state index is -4.53. The Morgan fingerprint density at radius 1 is 1.10 bits per heavy atom. The van der Waals surface area contributed by atoms with Crippen LogP contribution < -0.4 is 15.2 Å². The Morgan fingerprint density at radius 2 is 1.81 bits per heavy atom. The van der Waals surface area contributed by atoms with Gasteiger partial charge >= 0.3 is 6.18 Å². The van der Waals surface area contributed by atoms with Crippen molar-refractivity contribution in [2.45, 2.75) is 12.6 Å². The Balaban J connectivity index is 2.19. The van der Waals surface area contributed by atoms with Crippen LogP contribution in [0.3, 0.4) is 0 Å². The molecule has 0 spiro atoms. The smallest absolute Gasteiger partial charge is 0.420 e. The number of benzene rings is 1. The van der Waals surface area contributed by atoms with E-state index < -0.39 is 11.7 Å². The van der Waals surface area contributed by atoms with Gasteiger partial charge in [-0.25, -0.2) is 0 Å². The third kappa shape index (κ3) is 2.48. The molecule has 0 unspecified atom stereocenters. The molecule has 0 aliphatic carbocycles. The van der Waals surface area contributed by atoms with Crippen molar-refractivity contribution in [2.24, 2.45) is 0 Å². The third-order valence-corrected chi connectivity index (χ3v) is 2.99. The van der Waals surface area contributed by atoms with E-state index >= 15 is 0 Å². The molecule has 8 heteroatoms. The molecule has 1 aliphatic rings. The second-order valence-corrected chi connectivity index (χ2v) is 4.48. The minimum absolute atomic E-state index is 0.00141. The molecular weight excluding hydrogens is 289 g/mol. The maximum Gasteiger partial charge on any atom is 0.420 e. The van der Waals surface area contributed by atoms with Gasteiger partial charge in [-0.05, 0) is 12.1 Å². The zero-order valence-corrected chi connectivity index (χ0v) is 10.7. The van der Waals surface area contributed by atoms with Crippen molar-refractivity contribution in [3.05, 3.63) is 23.8 Å². The summed E-state index contributed by atoms with van der Waals surface area (Å²) in [5.41, 5.74) is 4.91. The molecule has 2 aromatic rings. The lowest BCUT2D eigenvalue weighted by atomic mass is 10.1. The predicted octanol–water partition coefficient (Wildman–Crippen LogP) is 3.10. The summed E-state index contributed by atoms with van der Waals surface area (Å²) in [6, 6.07) is 3.61. The van der Waals surface area contributed by atoms with Crippen LogP contribution in [-0.2, 0) is 6.18 Å². The summed E-state index contributed by atoms with van der Waals surface area (Å²) in [6.45, 7) is 0.406. The van der Waals surface area contributed by atoms with Gasteiger partial charge in [-0.15, -0.1) is 0 Å². The first-order chi connectivity index (χ1) is 9.97. The first-order valence-electron chi connectivity index (χ1n) is 6.19. The van der Waals surface area contributed by atoms with Crippen molar-refractivity contribution in [1.29, 1.82) is 0 Å². The first kappa shape index (κ1) is 13.6. The summed E-state index contributed by atoms with van der Waals surface area (Å²) in [5.74, 6) is 0.0297. The molecule has 21 heavy (non-hydrogen) atoms. The Morgan fingerprint density at radius 3 is 2.43 bits per heavy atom. The van der Waals surface area contributed by atoms with Crippen LogP contribution in [0.15, 0.2) is 22.7 Å². The number of aromatic nitrogens is 1. The molecule has 3 rings (SSSR count). The summed E-state index contributed by atoms with van der Waals surface area (Å²) in [5, 5.41) is 3.52. The molecule has 0 radical (unpaired) electrons. The van der Waals surface area contributed by atoms with Gasteiger partial charge in [0.15, 0.2) is 23.1 Å². The largest absolute Gasteiger partial charge is 0.489 e. The van der Waals surface area contributed by atoms with Crippen molar-refractivity contribution < 1.29 is 27.2 Å². The Hall–Kier alpha value is -2.38. The lowest BCUT2D eigenvalue weighted by molar-refractivity contribution is -0.139. The highest BCUT2D eigenvalue weighted by molar-refractivity contribution is 5.73. The maximum absolute atomic E-state index is 13.1. The molecule has 0 saturated heterocycles. The molecule has 1 aromatic heterocycles. The number of fused-ring (bicyclic) bond motifs is 1. The summed E-state index contributed by atoms with van der Waals surface area (Å²) in [6.07, 6.45) is -4.04. The van der Waals surface area contributed by atoms with Gasteiger partial charge in [0.2, 0.25) is 0 Å². The summed E-state index contributed by atoms with van der Waals surface area (Å²) < 4.78 is 54.8. The highest BCUT2D eigenvalue weighted by Gasteiger charge is 2.37. The Kier molecular flexibility index (Phi) is 3.15. The molecule has 0 atom stereocenters. The molecule has 0 fully saturated rings. The van der Waals surface area contributed by atoms with Gasteiger partial charge in [0, 0.05) is 12.5 Å². The maximum atomic E-state index is 13.1. The molecule has 0 bridgehead atoms. The predicted molar refractivity (Wildman–Crippen MR) is 67.0 cm³/mol. The number of alkyl halides is 3. The number of nitrogen functional groups attached to an aromatic ring is 1. The third-order valence-electron chi connectivity index (χ3n) is 2.99. The molecule has 1 aliphatic heterocycles. The molecule has 2 heterocycles. The normalized spacial score (nSPS) is 14.8. The van der Waals surface area contributed by atoms with E-state index in [4.69, 9.17) is 19.7 Å². The average Bonchev–Trinajstić information content (AvgIpc) is 2.70. The van der Waals surface area contributed by atoms with Gasteiger partial charge in [0.1, 0.15) is 5.56 Å². The SMILES string of the molecule is Nc1cc(-c2ccc(C(F)(F)F)c3c2OCCCO3)on1. The standard InChI is InChI=1S/C13H11F3N2O3/c14-13(15,16)8-3-2-7(9-6-10(17)18-21-9)11-12(8)20-5-1-4-19-11/h2-3,6H,1,4-5H2,(H2,17,18). The number of halogens is 3. The topological polar surface area (TPSA) is 70.5 Å². The van der Waals surface area contributed by atoms with Crippen LogP contribution in [0.5, 0.6) is 11.5 Å². The number of hydrogen-bond acceptors (Lipinski definition) is 5. The van der Waals surface area contributed by atoms with Crippen LogP contribution in [0.4, 0.5) is 19.0 Å².